The van der Waals surface area contributed by atoms with Gasteiger partial charge in [-0.1, -0.05) is 19.6 Å². The van der Waals surface area contributed by atoms with Gasteiger partial charge < -0.3 is 14.2 Å². The Morgan fingerprint density at radius 2 is 2.11 bits per heavy atom. The van der Waals surface area contributed by atoms with E-state index in [1.807, 2.05) is 11.6 Å². The maximum atomic E-state index is 5.69. The third kappa shape index (κ3) is 4.25. The second-order valence-corrected chi connectivity index (χ2v) is 12.6. The normalized spacial score (nSPS) is 23.4. The lowest BCUT2D eigenvalue weighted by Gasteiger charge is -2.33. The van der Waals surface area contributed by atoms with Gasteiger partial charge in [-0.25, -0.2) is 4.68 Å². The highest BCUT2D eigenvalue weighted by atomic mass is 127. The summed E-state index contributed by atoms with van der Waals surface area (Å²) in [7, 11) is -1.02. The summed E-state index contributed by atoms with van der Waals surface area (Å²) < 4.78 is 19.5. The average Bonchev–Trinajstić information content (AvgIpc) is 2.61. The Hall–Kier alpha value is 0.0369. The molecule has 1 aliphatic rings. The fourth-order valence-electron chi connectivity index (χ4n) is 1.67. The Morgan fingerprint density at radius 1 is 1.42 bits per heavy atom. The predicted molar refractivity (Wildman–Crippen MR) is 83.4 cm³/mol. The van der Waals surface area contributed by atoms with Crippen molar-refractivity contribution in [1.82, 2.24) is 9.78 Å². The van der Waals surface area contributed by atoms with Crippen molar-refractivity contribution in [3.8, 4) is 0 Å². The Bertz CT molecular complexity index is 427. The van der Waals surface area contributed by atoms with Crippen LogP contribution in [0.1, 0.15) is 18.8 Å². The van der Waals surface area contributed by atoms with E-state index in [9.17, 15) is 0 Å². The van der Waals surface area contributed by atoms with E-state index in [0.717, 1.165) is 15.9 Å². The average molecular weight is 396 g/mol. The van der Waals surface area contributed by atoms with E-state index in [1.165, 1.54) is 6.04 Å². The van der Waals surface area contributed by atoms with Gasteiger partial charge in [-0.05, 0) is 35.6 Å². The van der Waals surface area contributed by atoms with Crippen LogP contribution in [0.3, 0.4) is 0 Å². The van der Waals surface area contributed by atoms with Crippen molar-refractivity contribution < 1.29 is 14.2 Å². The van der Waals surface area contributed by atoms with Crippen LogP contribution >= 0.6 is 22.6 Å². The fourth-order valence-corrected chi connectivity index (χ4v) is 3.08. The number of halogens is 1. The van der Waals surface area contributed by atoms with E-state index in [1.54, 1.807) is 6.20 Å². The minimum absolute atomic E-state index is 0.114. The number of rotatable bonds is 6. The molecule has 0 aromatic carbocycles. The molecule has 2 rings (SSSR count). The maximum absolute atomic E-state index is 5.69. The molecule has 0 radical (unpaired) electrons. The van der Waals surface area contributed by atoms with Crippen LogP contribution in [0, 0.1) is 3.70 Å². The third-order valence-electron chi connectivity index (χ3n) is 2.90. The largest absolute Gasteiger partial charge is 0.359 e. The van der Waals surface area contributed by atoms with E-state index in [0.29, 0.717) is 6.73 Å². The molecule has 1 fully saturated rings. The summed E-state index contributed by atoms with van der Waals surface area (Å²) in [5, 5.41) is 4.31. The van der Waals surface area contributed by atoms with Crippen molar-refractivity contribution >= 4 is 30.7 Å². The molecular weight excluding hydrogens is 375 g/mol. The first kappa shape index (κ1) is 15.4. The lowest BCUT2D eigenvalue weighted by molar-refractivity contribution is -0.382. The Balaban J connectivity index is 1.81. The number of hydrogen-bond donors (Lipinski definition) is 0. The summed E-state index contributed by atoms with van der Waals surface area (Å²) in [5.41, 5.74) is 0.979. The number of aromatic nitrogens is 2. The van der Waals surface area contributed by atoms with Crippen LogP contribution in [-0.2, 0) is 20.9 Å². The molecule has 1 aliphatic heterocycles. The Labute approximate surface area is 128 Å². The smallest absolute Gasteiger partial charge is 0.193 e. The fraction of sp³-hybridized carbons (Fsp3) is 0.750. The zero-order valence-corrected chi connectivity index (χ0v) is 15.0. The molecule has 0 saturated carbocycles. The van der Waals surface area contributed by atoms with Gasteiger partial charge in [-0.2, -0.15) is 5.10 Å². The molecule has 0 amide bonds. The first-order valence-corrected chi connectivity index (χ1v) is 11.3. The quantitative estimate of drug-likeness (QED) is 0.421. The van der Waals surface area contributed by atoms with Crippen molar-refractivity contribution in [3.05, 3.63) is 15.5 Å². The van der Waals surface area contributed by atoms with Crippen molar-refractivity contribution in [2.24, 2.45) is 0 Å². The van der Waals surface area contributed by atoms with Crippen LogP contribution in [0.5, 0.6) is 0 Å². The van der Waals surface area contributed by atoms with Crippen molar-refractivity contribution in [1.29, 1.82) is 0 Å². The van der Waals surface area contributed by atoms with Gasteiger partial charge in [0.15, 0.2) is 12.6 Å². The molecule has 5 nitrogen and oxygen atoms in total. The van der Waals surface area contributed by atoms with Gasteiger partial charge in [-0.15, -0.1) is 0 Å². The second-order valence-electron chi connectivity index (χ2n) is 5.91. The van der Waals surface area contributed by atoms with Gasteiger partial charge >= 0.3 is 0 Å². The molecule has 0 aliphatic carbocycles. The summed E-state index contributed by atoms with van der Waals surface area (Å²) >= 11 is 2.25. The zero-order chi connectivity index (χ0) is 14.0. The molecule has 1 saturated heterocycles. The first-order chi connectivity index (χ1) is 8.87. The second kappa shape index (κ2) is 6.21. The Morgan fingerprint density at radius 3 is 2.68 bits per heavy atom. The van der Waals surface area contributed by atoms with E-state index in [4.69, 9.17) is 14.2 Å². The SMILES string of the molecule is CC1OC(c2cnn(COCC[Si](C)(C)C)c2I)O1. The van der Waals surface area contributed by atoms with E-state index in [-0.39, 0.29) is 12.6 Å². The standard InChI is InChI=1S/C12H21IN2O3Si/c1-9-17-12(18-9)10-7-14-15(11(10)13)8-16-5-6-19(2,3)4/h7,9,12H,5-6,8H2,1-4H3. The van der Waals surface area contributed by atoms with Crippen LogP contribution in [0.25, 0.3) is 0 Å². The summed E-state index contributed by atoms with van der Waals surface area (Å²) in [6.45, 7) is 10.2. The number of hydrogen-bond acceptors (Lipinski definition) is 4. The summed E-state index contributed by atoms with van der Waals surface area (Å²) in [6.07, 6.45) is 1.41. The van der Waals surface area contributed by atoms with Gasteiger partial charge in [0.1, 0.15) is 10.4 Å². The summed E-state index contributed by atoms with van der Waals surface area (Å²) in [4.78, 5) is 0. The van der Waals surface area contributed by atoms with Gasteiger partial charge in [0.25, 0.3) is 0 Å². The third-order valence-corrected chi connectivity index (χ3v) is 5.78. The highest BCUT2D eigenvalue weighted by Gasteiger charge is 2.31. The van der Waals surface area contributed by atoms with Crippen molar-refractivity contribution in [2.45, 2.75) is 51.9 Å². The van der Waals surface area contributed by atoms with Crippen LogP contribution in [0.15, 0.2) is 6.20 Å². The maximum Gasteiger partial charge on any atom is 0.193 e. The van der Waals surface area contributed by atoms with Crippen LogP contribution < -0.4 is 0 Å². The molecule has 1 aromatic rings. The summed E-state index contributed by atoms with van der Waals surface area (Å²) in [6, 6.07) is 1.17. The molecule has 0 bridgehead atoms. The van der Waals surface area contributed by atoms with Crippen LogP contribution in [0.4, 0.5) is 0 Å². The van der Waals surface area contributed by atoms with E-state index < -0.39 is 8.07 Å². The minimum Gasteiger partial charge on any atom is -0.359 e. The van der Waals surface area contributed by atoms with Gasteiger partial charge in [0.2, 0.25) is 0 Å². The van der Waals surface area contributed by atoms with Crippen molar-refractivity contribution in [3.63, 3.8) is 0 Å². The lowest BCUT2D eigenvalue weighted by Crippen LogP contribution is -2.31. The summed E-state index contributed by atoms with van der Waals surface area (Å²) in [5.74, 6) is 0. The molecule has 0 unspecified atom stereocenters. The van der Waals surface area contributed by atoms with Gasteiger partial charge in [0, 0.05) is 14.7 Å². The molecule has 0 atom stereocenters. The molecule has 7 heteroatoms. The number of ether oxygens (including phenoxy) is 3. The molecule has 2 heterocycles. The molecule has 108 valence electrons. The Kier molecular flexibility index (Phi) is 5.04. The van der Waals surface area contributed by atoms with Crippen LogP contribution in [0.2, 0.25) is 25.7 Å². The van der Waals surface area contributed by atoms with Crippen LogP contribution in [-0.4, -0.2) is 30.8 Å². The molecule has 1 aromatic heterocycles. The molecular formula is C12H21IN2O3Si. The van der Waals surface area contributed by atoms with E-state index in [2.05, 4.69) is 47.3 Å². The highest BCUT2D eigenvalue weighted by Crippen LogP contribution is 2.33. The minimum atomic E-state index is -1.02. The van der Waals surface area contributed by atoms with E-state index >= 15 is 0 Å². The van der Waals surface area contributed by atoms with Gasteiger partial charge in [0.05, 0.1) is 11.8 Å². The zero-order valence-electron chi connectivity index (χ0n) is 11.9. The lowest BCUT2D eigenvalue weighted by atomic mass is 10.3. The predicted octanol–water partition coefficient (Wildman–Crippen LogP) is 3.19. The topological polar surface area (TPSA) is 45.5 Å². The number of nitrogens with zero attached hydrogens (tertiary/aromatic N) is 2. The molecule has 0 spiro atoms. The first-order valence-electron chi connectivity index (χ1n) is 6.47. The van der Waals surface area contributed by atoms with Crippen molar-refractivity contribution in [2.75, 3.05) is 6.61 Å². The highest BCUT2D eigenvalue weighted by molar-refractivity contribution is 14.1. The molecule has 19 heavy (non-hydrogen) atoms. The van der Waals surface area contributed by atoms with Gasteiger partial charge in [-0.3, -0.25) is 0 Å². The molecule has 0 N–H and O–H groups in total. The monoisotopic (exact) mass is 396 g/mol.